The maximum Gasteiger partial charge on any atom is 0.0708 e. The Morgan fingerprint density at radius 1 is 0.259 bits per heavy atom. The van der Waals surface area contributed by atoms with Gasteiger partial charge in [0.1, 0.15) is 0 Å². The minimum Gasteiger partial charge on any atom is -0.256 e. The van der Waals surface area contributed by atoms with Gasteiger partial charge in [-0.2, -0.15) is 0 Å². The lowest BCUT2D eigenvalue weighted by Crippen LogP contribution is -1.94. The zero-order chi connectivity index (χ0) is 35.6. The molecule has 1 aromatic heterocycles. The molecule has 1 nitrogen and oxygen atoms in total. The third-order valence-electron chi connectivity index (χ3n) is 11.3. The van der Waals surface area contributed by atoms with E-state index in [9.17, 15) is 0 Å². The summed E-state index contributed by atoms with van der Waals surface area (Å²) in [4.78, 5) is 5.02. The van der Waals surface area contributed by atoms with Crippen molar-refractivity contribution in [3.63, 3.8) is 0 Å². The molecule has 0 aliphatic carbocycles. The molecule has 1 heterocycles. The molecule has 11 aromatic rings. The fourth-order valence-corrected chi connectivity index (χ4v) is 8.91. The van der Waals surface area contributed by atoms with Crippen LogP contribution in [0.4, 0.5) is 0 Å². The van der Waals surface area contributed by atoms with Gasteiger partial charge in [0.05, 0.1) is 5.52 Å². The Morgan fingerprint density at radius 3 is 1.26 bits per heavy atom. The van der Waals surface area contributed by atoms with Crippen molar-refractivity contribution in [1.82, 2.24) is 4.98 Å². The predicted molar refractivity (Wildman–Crippen MR) is 231 cm³/mol. The minimum atomic E-state index is 1.00. The van der Waals surface area contributed by atoms with Gasteiger partial charge in [0.2, 0.25) is 0 Å². The van der Waals surface area contributed by atoms with Crippen molar-refractivity contribution in [2.45, 2.75) is 0 Å². The van der Waals surface area contributed by atoms with E-state index in [0.29, 0.717) is 0 Å². The first-order valence-electron chi connectivity index (χ1n) is 18.6. The third kappa shape index (κ3) is 4.69. The summed E-state index contributed by atoms with van der Waals surface area (Å²) in [5, 5.41) is 13.6. The number of aromatic nitrogens is 1. The van der Waals surface area contributed by atoms with Crippen molar-refractivity contribution >= 4 is 64.8 Å². The van der Waals surface area contributed by atoms with Crippen LogP contribution in [-0.4, -0.2) is 4.98 Å². The zero-order valence-corrected chi connectivity index (χ0v) is 29.5. The van der Waals surface area contributed by atoms with Crippen molar-refractivity contribution in [3.05, 3.63) is 200 Å². The summed E-state index contributed by atoms with van der Waals surface area (Å²) in [5.41, 5.74) is 10.8. The maximum atomic E-state index is 5.02. The van der Waals surface area contributed by atoms with E-state index >= 15 is 0 Å². The number of hydrogen-bond acceptors (Lipinski definition) is 1. The molecule has 250 valence electrons. The lowest BCUT2D eigenvalue weighted by molar-refractivity contribution is 1.45. The average molecular weight is 684 g/mol. The number of pyridine rings is 1. The predicted octanol–water partition coefficient (Wildman–Crippen LogP) is 14.7. The van der Waals surface area contributed by atoms with Crippen LogP contribution < -0.4 is 0 Å². The zero-order valence-electron chi connectivity index (χ0n) is 29.5. The highest BCUT2D eigenvalue weighted by molar-refractivity contribution is 6.27. The van der Waals surface area contributed by atoms with Crippen LogP contribution in [-0.2, 0) is 0 Å². The Bertz CT molecular complexity index is 3190. The maximum absolute atomic E-state index is 5.02. The molecule has 54 heavy (non-hydrogen) atoms. The van der Waals surface area contributed by atoms with Crippen LogP contribution in [0, 0.1) is 0 Å². The number of hydrogen-bond donors (Lipinski definition) is 0. The van der Waals surface area contributed by atoms with E-state index in [4.69, 9.17) is 4.98 Å². The van der Waals surface area contributed by atoms with Gasteiger partial charge in [-0.15, -0.1) is 0 Å². The van der Waals surface area contributed by atoms with Crippen LogP contribution in [0.1, 0.15) is 0 Å². The van der Waals surface area contributed by atoms with E-state index in [0.717, 1.165) is 10.9 Å². The quantitative estimate of drug-likeness (QED) is 0.133. The van der Waals surface area contributed by atoms with Gasteiger partial charge in [0, 0.05) is 22.4 Å². The number of benzene rings is 10. The summed E-state index contributed by atoms with van der Waals surface area (Å²) in [6.45, 7) is 0. The molecule has 0 atom stereocenters. The van der Waals surface area contributed by atoms with E-state index in [1.165, 1.54) is 98.4 Å². The van der Waals surface area contributed by atoms with Crippen molar-refractivity contribution in [2.75, 3.05) is 0 Å². The molecule has 0 amide bonds. The topological polar surface area (TPSA) is 12.9 Å². The lowest BCUT2D eigenvalue weighted by atomic mass is 9.84. The van der Waals surface area contributed by atoms with E-state index in [2.05, 4.69) is 200 Å². The highest BCUT2D eigenvalue weighted by Gasteiger charge is 2.20. The van der Waals surface area contributed by atoms with Crippen LogP contribution in [0.15, 0.2) is 200 Å². The summed E-state index contributed by atoms with van der Waals surface area (Å²) >= 11 is 0. The van der Waals surface area contributed by atoms with Crippen molar-refractivity contribution < 1.29 is 0 Å². The molecule has 10 aromatic carbocycles. The van der Waals surface area contributed by atoms with E-state index in [-0.39, 0.29) is 0 Å². The van der Waals surface area contributed by atoms with Gasteiger partial charge in [-0.3, -0.25) is 4.98 Å². The Labute approximate surface area is 313 Å². The summed E-state index contributed by atoms with van der Waals surface area (Å²) < 4.78 is 0. The first kappa shape index (κ1) is 30.5. The molecule has 0 bridgehead atoms. The summed E-state index contributed by atoms with van der Waals surface area (Å²) in [5.74, 6) is 0. The third-order valence-corrected chi connectivity index (χ3v) is 11.3. The molecule has 0 spiro atoms. The fraction of sp³-hybridized carbons (Fsp3) is 0. The van der Waals surface area contributed by atoms with Gasteiger partial charge in [0.25, 0.3) is 0 Å². The number of rotatable bonds is 4. The molecular weight excluding hydrogens is 651 g/mol. The Balaban J connectivity index is 1.16. The van der Waals surface area contributed by atoms with Crippen LogP contribution in [0.25, 0.3) is 109 Å². The first-order chi connectivity index (χ1) is 26.8. The lowest BCUT2D eigenvalue weighted by Gasteiger charge is -2.20. The first-order valence-corrected chi connectivity index (χ1v) is 18.6. The molecule has 0 N–H and O–H groups in total. The molecular formula is C53H33N. The van der Waals surface area contributed by atoms with E-state index in [1.54, 1.807) is 0 Å². The molecule has 1 heteroatoms. The smallest absolute Gasteiger partial charge is 0.0708 e. The largest absolute Gasteiger partial charge is 0.256 e. The van der Waals surface area contributed by atoms with Gasteiger partial charge >= 0.3 is 0 Å². The molecule has 0 unspecified atom stereocenters. The Kier molecular flexibility index (Phi) is 6.93. The fourth-order valence-electron chi connectivity index (χ4n) is 8.91. The normalized spacial score (nSPS) is 11.7. The molecule has 0 fully saturated rings. The number of para-hydroxylation sites is 1. The second kappa shape index (κ2) is 12.3. The molecule has 0 aliphatic heterocycles. The molecule has 0 radical (unpaired) electrons. The molecule has 0 saturated carbocycles. The van der Waals surface area contributed by atoms with Crippen molar-refractivity contribution in [1.29, 1.82) is 0 Å². The summed E-state index contributed by atoms with van der Waals surface area (Å²) in [7, 11) is 0. The second-order valence-corrected chi connectivity index (χ2v) is 14.2. The summed E-state index contributed by atoms with van der Waals surface area (Å²) in [6, 6.07) is 70.8. The van der Waals surface area contributed by atoms with Gasteiger partial charge in [-0.1, -0.05) is 182 Å². The summed E-state index contributed by atoms with van der Waals surface area (Å²) in [6.07, 6.45) is 2.09. The average Bonchev–Trinajstić information content (AvgIpc) is 3.25. The SMILES string of the molecule is c1ccc(-c2c3ccccc3c(-c3ccc(-c4c5ccccc5c(-c5ccc6ccccc6c5)c5ccccc45)cc3)c3cnc4ccccc4c23)cc1. The number of fused-ring (bicyclic) bond motifs is 7. The van der Waals surface area contributed by atoms with Crippen LogP contribution in [0.2, 0.25) is 0 Å². The van der Waals surface area contributed by atoms with Gasteiger partial charge < -0.3 is 0 Å². The monoisotopic (exact) mass is 683 g/mol. The van der Waals surface area contributed by atoms with Gasteiger partial charge in [-0.05, 0) is 99.7 Å². The second-order valence-electron chi connectivity index (χ2n) is 14.2. The highest BCUT2D eigenvalue weighted by Crippen LogP contribution is 2.47. The van der Waals surface area contributed by atoms with Gasteiger partial charge in [-0.25, -0.2) is 0 Å². The van der Waals surface area contributed by atoms with E-state index in [1.807, 2.05) is 0 Å². The van der Waals surface area contributed by atoms with Crippen LogP contribution >= 0.6 is 0 Å². The molecule has 11 rings (SSSR count). The minimum absolute atomic E-state index is 1.00. The van der Waals surface area contributed by atoms with Crippen LogP contribution in [0.3, 0.4) is 0 Å². The highest BCUT2D eigenvalue weighted by atomic mass is 14.7. The molecule has 0 saturated heterocycles. The van der Waals surface area contributed by atoms with Gasteiger partial charge in [0.15, 0.2) is 0 Å². The molecule has 0 aliphatic rings. The Hall–Kier alpha value is -7.09. The Morgan fingerprint density at radius 2 is 0.667 bits per heavy atom. The van der Waals surface area contributed by atoms with Crippen LogP contribution in [0.5, 0.6) is 0 Å². The van der Waals surface area contributed by atoms with Crippen molar-refractivity contribution in [2.24, 2.45) is 0 Å². The number of nitrogens with zero attached hydrogens (tertiary/aromatic N) is 1. The van der Waals surface area contributed by atoms with Crippen molar-refractivity contribution in [3.8, 4) is 44.5 Å². The standard InChI is InChI=1S/C53H33N/c1-2-15-35(16-3-1)52-45-23-11-10-22-44(45)50(47-33-54-48-25-13-12-24-46(48)53(47)52)37-29-27-36(28-30-37)49-40-18-6-8-20-42(40)51(43-21-9-7-19-41(43)49)39-31-26-34-14-4-5-17-38(34)32-39/h1-33H. The van der Waals surface area contributed by atoms with E-state index < -0.39 is 0 Å².